The van der Waals surface area contributed by atoms with Crippen LogP contribution in [0.5, 0.6) is 0 Å². The maximum Gasteiger partial charge on any atom is 0.306 e. The van der Waals surface area contributed by atoms with Crippen LogP contribution in [-0.4, -0.2) is 18.4 Å². The van der Waals surface area contributed by atoms with Crippen LogP contribution in [0.3, 0.4) is 0 Å². The minimum atomic E-state index is -0.171. The highest BCUT2D eigenvalue weighted by molar-refractivity contribution is 5.84. The van der Waals surface area contributed by atoms with Gasteiger partial charge in [-0.15, -0.1) is 6.58 Å². The van der Waals surface area contributed by atoms with Crippen molar-refractivity contribution in [1.29, 1.82) is 0 Å². The van der Waals surface area contributed by atoms with E-state index in [1.807, 2.05) is 6.92 Å². The third-order valence-electron chi connectivity index (χ3n) is 3.06. The molecule has 1 rings (SSSR count). The van der Waals surface area contributed by atoms with Crippen molar-refractivity contribution >= 4 is 11.8 Å². The zero-order valence-corrected chi connectivity index (χ0v) is 9.91. The molecule has 0 radical (unpaired) electrons. The summed E-state index contributed by atoms with van der Waals surface area (Å²) in [5, 5.41) is 0. The number of ether oxygens (including phenoxy) is 1. The number of carbonyl (C=O) groups excluding carboxylic acids is 2. The van der Waals surface area contributed by atoms with E-state index in [2.05, 4.69) is 6.58 Å². The summed E-state index contributed by atoms with van der Waals surface area (Å²) in [7, 11) is 0. The van der Waals surface area contributed by atoms with E-state index in [0.717, 1.165) is 12.8 Å². The van der Waals surface area contributed by atoms with Crippen molar-refractivity contribution in [3.8, 4) is 0 Å². The number of carbonyl (C=O) groups is 2. The molecule has 1 aliphatic carbocycles. The molecule has 0 aromatic carbocycles. The number of hydrogen-bond acceptors (Lipinski definition) is 3. The molecule has 1 aliphatic rings. The van der Waals surface area contributed by atoms with Gasteiger partial charge in [0.15, 0.2) is 0 Å². The van der Waals surface area contributed by atoms with E-state index in [9.17, 15) is 9.59 Å². The van der Waals surface area contributed by atoms with Crippen LogP contribution in [0.4, 0.5) is 0 Å². The second-order valence-corrected chi connectivity index (χ2v) is 4.32. The van der Waals surface area contributed by atoms with Crippen LogP contribution in [0.25, 0.3) is 0 Å². The van der Waals surface area contributed by atoms with E-state index in [4.69, 9.17) is 4.74 Å². The highest BCUT2D eigenvalue weighted by Crippen LogP contribution is 2.34. The number of hydrogen-bond donors (Lipinski definition) is 0. The molecular formula is C13H20O3. The van der Waals surface area contributed by atoms with Gasteiger partial charge in [0.1, 0.15) is 5.78 Å². The number of rotatable bonds is 6. The van der Waals surface area contributed by atoms with Gasteiger partial charge < -0.3 is 4.74 Å². The van der Waals surface area contributed by atoms with Gasteiger partial charge >= 0.3 is 5.97 Å². The summed E-state index contributed by atoms with van der Waals surface area (Å²) >= 11 is 0. The van der Waals surface area contributed by atoms with Crippen molar-refractivity contribution < 1.29 is 14.3 Å². The summed E-state index contributed by atoms with van der Waals surface area (Å²) in [5.41, 5.74) is 0. The monoisotopic (exact) mass is 224 g/mol. The summed E-state index contributed by atoms with van der Waals surface area (Å²) in [6.07, 6.45) is 5.08. The lowest BCUT2D eigenvalue weighted by atomic mass is 9.90. The average Bonchev–Trinajstić information content (AvgIpc) is 2.59. The molecule has 2 unspecified atom stereocenters. The molecule has 3 nitrogen and oxygen atoms in total. The maximum atomic E-state index is 11.6. The lowest BCUT2D eigenvalue weighted by Crippen LogP contribution is -2.18. The van der Waals surface area contributed by atoms with Crippen molar-refractivity contribution in [2.24, 2.45) is 11.8 Å². The molecule has 0 saturated heterocycles. The van der Waals surface area contributed by atoms with Crippen molar-refractivity contribution in [2.45, 2.75) is 39.0 Å². The molecule has 0 aliphatic heterocycles. The van der Waals surface area contributed by atoms with Crippen molar-refractivity contribution in [1.82, 2.24) is 0 Å². The molecule has 1 saturated carbocycles. The van der Waals surface area contributed by atoms with Gasteiger partial charge in [-0.3, -0.25) is 9.59 Å². The smallest absolute Gasteiger partial charge is 0.306 e. The Morgan fingerprint density at radius 2 is 2.38 bits per heavy atom. The topological polar surface area (TPSA) is 43.4 Å². The first-order chi connectivity index (χ1) is 7.69. The third kappa shape index (κ3) is 3.47. The Morgan fingerprint density at radius 1 is 1.62 bits per heavy atom. The fraction of sp³-hybridized carbons (Fsp3) is 0.692. The molecule has 0 N–H and O–H groups in total. The zero-order chi connectivity index (χ0) is 12.0. The quantitative estimate of drug-likeness (QED) is 0.514. The van der Waals surface area contributed by atoms with E-state index >= 15 is 0 Å². The summed E-state index contributed by atoms with van der Waals surface area (Å²) in [5.74, 6) is 0.255. The van der Waals surface area contributed by atoms with Crippen LogP contribution < -0.4 is 0 Å². The lowest BCUT2D eigenvalue weighted by Gasteiger charge is -2.15. The van der Waals surface area contributed by atoms with Crippen LogP contribution >= 0.6 is 0 Å². The van der Waals surface area contributed by atoms with Gasteiger partial charge in [0.25, 0.3) is 0 Å². The van der Waals surface area contributed by atoms with Crippen molar-refractivity contribution in [2.75, 3.05) is 6.61 Å². The zero-order valence-electron chi connectivity index (χ0n) is 9.91. The lowest BCUT2D eigenvalue weighted by molar-refractivity contribution is -0.145. The van der Waals surface area contributed by atoms with Crippen LogP contribution in [0.1, 0.15) is 39.0 Å². The predicted octanol–water partition coefficient (Wildman–Crippen LogP) is 2.50. The molecule has 0 spiro atoms. The Kier molecular flexibility index (Phi) is 5.23. The largest absolute Gasteiger partial charge is 0.466 e. The SMILES string of the molecule is C=CCC1C(=O)CCC1CC(=O)OCCC. The van der Waals surface area contributed by atoms with Gasteiger partial charge in [-0.2, -0.15) is 0 Å². The minimum Gasteiger partial charge on any atom is -0.466 e. The Labute approximate surface area is 96.9 Å². The molecule has 2 atom stereocenters. The molecule has 1 fully saturated rings. The van der Waals surface area contributed by atoms with Crippen LogP contribution in [-0.2, 0) is 14.3 Å². The summed E-state index contributed by atoms with van der Waals surface area (Å²) in [6, 6.07) is 0. The van der Waals surface area contributed by atoms with E-state index in [-0.39, 0.29) is 23.6 Å². The molecule has 0 amide bonds. The molecule has 0 aromatic heterocycles. The maximum absolute atomic E-state index is 11.6. The first kappa shape index (κ1) is 12.9. The van der Waals surface area contributed by atoms with Crippen LogP contribution in [0, 0.1) is 11.8 Å². The van der Waals surface area contributed by atoms with E-state index in [1.54, 1.807) is 6.08 Å². The van der Waals surface area contributed by atoms with Gasteiger partial charge in [-0.1, -0.05) is 13.0 Å². The van der Waals surface area contributed by atoms with E-state index in [0.29, 0.717) is 25.9 Å². The highest BCUT2D eigenvalue weighted by Gasteiger charge is 2.34. The van der Waals surface area contributed by atoms with Crippen molar-refractivity contribution in [3.63, 3.8) is 0 Å². The summed E-state index contributed by atoms with van der Waals surface area (Å²) < 4.78 is 5.04. The van der Waals surface area contributed by atoms with Gasteiger partial charge in [0.05, 0.1) is 6.61 Å². The van der Waals surface area contributed by atoms with Gasteiger partial charge in [-0.25, -0.2) is 0 Å². The van der Waals surface area contributed by atoms with Gasteiger partial charge in [0.2, 0.25) is 0 Å². The van der Waals surface area contributed by atoms with Gasteiger partial charge in [0, 0.05) is 18.8 Å². The number of Topliss-reactive ketones (excluding diaryl/α,β-unsaturated/α-hetero) is 1. The number of allylic oxidation sites excluding steroid dienone is 1. The van der Waals surface area contributed by atoms with E-state index in [1.165, 1.54) is 0 Å². The highest BCUT2D eigenvalue weighted by atomic mass is 16.5. The normalized spacial score (nSPS) is 24.4. The Morgan fingerprint density at radius 3 is 3.00 bits per heavy atom. The summed E-state index contributed by atoms with van der Waals surface area (Å²) in [4.78, 5) is 23.0. The van der Waals surface area contributed by atoms with Crippen molar-refractivity contribution in [3.05, 3.63) is 12.7 Å². The van der Waals surface area contributed by atoms with E-state index < -0.39 is 0 Å². The second kappa shape index (κ2) is 6.46. The standard InChI is InChI=1S/C13H20O3/c1-3-5-11-10(6-7-12(11)14)9-13(15)16-8-4-2/h3,10-11H,1,4-9H2,2H3. The first-order valence-electron chi connectivity index (χ1n) is 5.98. The first-order valence-corrected chi connectivity index (χ1v) is 5.98. The molecule has 90 valence electrons. The fourth-order valence-electron chi connectivity index (χ4n) is 2.21. The summed E-state index contributed by atoms with van der Waals surface area (Å²) in [6.45, 7) is 6.10. The molecule has 0 heterocycles. The minimum absolute atomic E-state index is 0.00771. The van der Waals surface area contributed by atoms with Crippen LogP contribution in [0.15, 0.2) is 12.7 Å². The molecule has 3 heteroatoms. The molecular weight excluding hydrogens is 204 g/mol. The fourth-order valence-corrected chi connectivity index (χ4v) is 2.21. The average molecular weight is 224 g/mol. The number of esters is 1. The third-order valence-corrected chi connectivity index (χ3v) is 3.06. The molecule has 0 bridgehead atoms. The second-order valence-electron chi connectivity index (χ2n) is 4.32. The molecule has 0 aromatic rings. The number of ketones is 1. The Balaban J connectivity index is 2.43. The predicted molar refractivity (Wildman–Crippen MR) is 61.9 cm³/mol. The van der Waals surface area contributed by atoms with Crippen LogP contribution in [0.2, 0.25) is 0 Å². The Bertz CT molecular complexity index is 270. The van der Waals surface area contributed by atoms with Gasteiger partial charge in [-0.05, 0) is 25.2 Å². The molecule has 16 heavy (non-hydrogen) atoms. The Hall–Kier alpha value is -1.12.